The Kier molecular flexibility index (Phi) is 7.99. The van der Waals surface area contributed by atoms with E-state index in [-0.39, 0.29) is 17.6 Å². The Bertz CT molecular complexity index is 231. The molecule has 0 aromatic carbocycles. The number of rotatable bonds is 7. The Balaban J connectivity index is 4.11. The van der Waals surface area contributed by atoms with Crippen LogP contribution in [-0.2, 0) is 9.53 Å². The summed E-state index contributed by atoms with van der Waals surface area (Å²) in [4.78, 5) is 22.6. The molecule has 0 spiro atoms. The summed E-state index contributed by atoms with van der Waals surface area (Å²) < 4.78 is 4.72. The van der Waals surface area contributed by atoms with Crippen LogP contribution in [0.25, 0.3) is 0 Å². The van der Waals surface area contributed by atoms with Crippen LogP contribution in [0.5, 0.6) is 0 Å². The summed E-state index contributed by atoms with van der Waals surface area (Å²) in [5.41, 5.74) is 0. The van der Waals surface area contributed by atoms with Gasteiger partial charge in [0.15, 0.2) is 5.78 Å². The van der Waals surface area contributed by atoms with E-state index in [4.69, 9.17) is 16.3 Å². The van der Waals surface area contributed by atoms with Crippen LogP contribution in [-0.4, -0.2) is 30.9 Å². The number of alkyl halides is 1. The zero-order chi connectivity index (χ0) is 12.6. The monoisotopic (exact) mass is 249 g/mol. The lowest BCUT2D eigenvalue weighted by molar-refractivity contribution is -0.120. The number of amides is 1. The molecule has 1 N–H and O–H groups in total. The van der Waals surface area contributed by atoms with Crippen LogP contribution in [0.15, 0.2) is 0 Å². The van der Waals surface area contributed by atoms with Gasteiger partial charge in [-0.2, -0.15) is 0 Å². The van der Waals surface area contributed by atoms with Crippen molar-refractivity contribution in [3.8, 4) is 0 Å². The molecule has 4 nitrogen and oxygen atoms in total. The van der Waals surface area contributed by atoms with Crippen molar-refractivity contribution in [1.82, 2.24) is 5.32 Å². The largest absolute Gasteiger partial charge is 0.450 e. The lowest BCUT2D eigenvalue weighted by Crippen LogP contribution is -2.34. The van der Waals surface area contributed by atoms with E-state index in [0.717, 1.165) is 6.42 Å². The van der Waals surface area contributed by atoms with Crippen molar-refractivity contribution < 1.29 is 14.3 Å². The van der Waals surface area contributed by atoms with Gasteiger partial charge in [-0.25, -0.2) is 4.79 Å². The van der Waals surface area contributed by atoms with Crippen molar-refractivity contribution in [2.24, 2.45) is 11.8 Å². The standard InChI is InChI=1S/C11H20ClNO3/c1-4-16-11(15)13-7-9(5-8(2)3)10(14)6-12/h8-9H,4-7H2,1-3H3,(H,13,15). The quantitative estimate of drug-likeness (QED) is 0.704. The molecule has 0 aliphatic heterocycles. The van der Waals surface area contributed by atoms with E-state index < -0.39 is 6.09 Å². The summed E-state index contributed by atoms with van der Waals surface area (Å²) in [5, 5.41) is 2.56. The normalized spacial score (nSPS) is 12.3. The first-order chi connectivity index (χ1) is 7.51. The first-order valence-electron chi connectivity index (χ1n) is 5.50. The number of nitrogens with one attached hydrogen (secondary N) is 1. The van der Waals surface area contributed by atoms with E-state index in [9.17, 15) is 9.59 Å². The van der Waals surface area contributed by atoms with E-state index >= 15 is 0 Å². The number of Topliss-reactive ketones (excluding diaryl/α,β-unsaturated/α-hetero) is 1. The number of hydrogen-bond acceptors (Lipinski definition) is 3. The van der Waals surface area contributed by atoms with Crippen molar-refractivity contribution >= 4 is 23.5 Å². The van der Waals surface area contributed by atoms with Crippen molar-refractivity contribution in [3.63, 3.8) is 0 Å². The second-order valence-corrected chi connectivity index (χ2v) is 4.30. The maximum atomic E-state index is 11.5. The molecular formula is C11H20ClNO3. The van der Waals surface area contributed by atoms with Gasteiger partial charge >= 0.3 is 6.09 Å². The van der Waals surface area contributed by atoms with Crippen LogP contribution in [0.4, 0.5) is 4.79 Å². The molecule has 94 valence electrons. The van der Waals surface area contributed by atoms with Crippen LogP contribution in [0.2, 0.25) is 0 Å². The highest BCUT2D eigenvalue weighted by Gasteiger charge is 2.19. The minimum atomic E-state index is -0.487. The molecule has 0 saturated carbocycles. The molecule has 0 fully saturated rings. The van der Waals surface area contributed by atoms with Gasteiger partial charge in [0.2, 0.25) is 0 Å². The van der Waals surface area contributed by atoms with Gasteiger partial charge < -0.3 is 10.1 Å². The zero-order valence-electron chi connectivity index (χ0n) is 10.1. The van der Waals surface area contributed by atoms with E-state index in [2.05, 4.69) is 5.32 Å². The molecule has 1 amide bonds. The van der Waals surface area contributed by atoms with Gasteiger partial charge in [0.05, 0.1) is 12.5 Å². The van der Waals surface area contributed by atoms with Crippen molar-refractivity contribution in [2.75, 3.05) is 19.0 Å². The molecule has 0 aliphatic carbocycles. The van der Waals surface area contributed by atoms with Crippen LogP contribution < -0.4 is 5.32 Å². The van der Waals surface area contributed by atoms with Crippen LogP contribution >= 0.6 is 11.6 Å². The first-order valence-corrected chi connectivity index (χ1v) is 6.04. The van der Waals surface area contributed by atoms with Gasteiger partial charge in [-0.05, 0) is 19.3 Å². The van der Waals surface area contributed by atoms with Gasteiger partial charge in [-0.15, -0.1) is 11.6 Å². The second-order valence-electron chi connectivity index (χ2n) is 4.03. The summed E-state index contributed by atoms with van der Waals surface area (Å²) in [6.45, 7) is 6.40. The SMILES string of the molecule is CCOC(=O)NCC(CC(C)C)C(=O)CCl. The third-order valence-corrected chi connectivity index (χ3v) is 2.37. The Morgan fingerprint density at radius 2 is 2.00 bits per heavy atom. The summed E-state index contributed by atoms with van der Waals surface area (Å²) >= 11 is 5.51. The van der Waals surface area contributed by atoms with E-state index in [0.29, 0.717) is 19.1 Å². The second kappa shape index (κ2) is 8.39. The fourth-order valence-electron chi connectivity index (χ4n) is 1.40. The van der Waals surface area contributed by atoms with E-state index in [1.165, 1.54) is 0 Å². The minimum Gasteiger partial charge on any atom is -0.450 e. The average Bonchev–Trinajstić information content (AvgIpc) is 2.23. The minimum absolute atomic E-state index is 0.0120. The number of alkyl carbamates (subject to hydrolysis) is 1. The van der Waals surface area contributed by atoms with E-state index in [1.54, 1.807) is 6.92 Å². The van der Waals surface area contributed by atoms with Gasteiger partial charge in [-0.1, -0.05) is 13.8 Å². The molecule has 16 heavy (non-hydrogen) atoms. The Morgan fingerprint density at radius 1 is 1.38 bits per heavy atom. The Labute approximate surface area is 102 Å². The Hall–Kier alpha value is -0.770. The highest BCUT2D eigenvalue weighted by atomic mass is 35.5. The molecule has 0 aliphatic rings. The predicted molar refractivity (Wildman–Crippen MR) is 63.7 cm³/mol. The number of halogens is 1. The summed E-state index contributed by atoms with van der Waals surface area (Å²) in [7, 11) is 0. The lowest BCUT2D eigenvalue weighted by Gasteiger charge is -2.17. The zero-order valence-corrected chi connectivity index (χ0v) is 10.8. The van der Waals surface area contributed by atoms with Crippen LogP contribution in [0.1, 0.15) is 27.2 Å². The van der Waals surface area contributed by atoms with Crippen molar-refractivity contribution in [2.45, 2.75) is 27.2 Å². The number of ketones is 1. The fourth-order valence-corrected chi connectivity index (χ4v) is 1.61. The first kappa shape index (κ1) is 15.2. The molecule has 0 heterocycles. The summed E-state index contributed by atoms with van der Waals surface area (Å²) in [5.74, 6) is 0.122. The van der Waals surface area contributed by atoms with Crippen LogP contribution in [0, 0.1) is 11.8 Å². The van der Waals surface area contributed by atoms with Gasteiger partial charge in [0, 0.05) is 12.5 Å². The molecule has 0 rings (SSSR count). The predicted octanol–water partition coefficient (Wildman–Crippen LogP) is 2.20. The number of ether oxygens (including phenoxy) is 1. The number of carbonyl (C=O) groups is 2. The third kappa shape index (κ3) is 6.67. The number of hydrogen-bond donors (Lipinski definition) is 1. The van der Waals surface area contributed by atoms with Crippen molar-refractivity contribution in [1.29, 1.82) is 0 Å². The van der Waals surface area contributed by atoms with Gasteiger partial charge in [0.1, 0.15) is 0 Å². The molecule has 0 bridgehead atoms. The van der Waals surface area contributed by atoms with Gasteiger partial charge in [-0.3, -0.25) is 4.79 Å². The van der Waals surface area contributed by atoms with Crippen molar-refractivity contribution in [3.05, 3.63) is 0 Å². The topological polar surface area (TPSA) is 55.4 Å². The molecule has 0 radical (unpaired) electrons. The molecule has 1 atom stereocenters. The average molecular weight is 250 g/mol. The lowest BCUT2D eigenvalue weighted by atomic mass is 9.94. The molecule has 1 unspecified atom stereocenters. The molecule has 0 saturated heterocycles. The molecule has 5 heteroatoms. The molecular weight excluding hydrogens is 230 g/mol. The molecule has 0 aromatic rings. The van der Waals surface area contributed by atoms with Gasteiger partial charge in [0.25, 0.3) is 0 Å². The van der Waals surface area contributed by atoms with Crippen LogP contribution in [0.3, 0.4) is 0 Å². The number of carbonyl (C=O) groups excluding carboxylic acids is 2. The highest BCUT2D eigenvalue weighted by molar-refractivity contribution is 6.27. The Morgan fingerprint density at radius 3 is 2.44 bits per heavy atom. The summed E-state index contributed by atoms with van der Waals surface area (Å²) in [6.07, 6.45) is 0.233. The maximum Gasteiger partial charge on any atom is 0.407 e. The summed E-state index contributed by atoms with van der Waals surface area (Å²) in [6, 6.07) is 0. The smallest absolute Gasteiger partial charge is 0.407 e. The third-order valence-electron chi connectivity index (χ3n) is 2.11. The molecule has 0 aromatic heterocycles. The van der Waals surface area contributed by atoms with E-state index in [1.807, 2.05) is 13.8 Å². The fraction of sp³-hybridized carbons (Fsp3) is 0.818. The maximum absolute atomic E-state index is 11.5. The highest BCUT2D eigenvalue weighted by Crippen LogP contribution is 2.12.